The number of nitrogens with one attached hydrogen (secondary N) is 1. The van der Waals surface area contributed by atoms with E-state index in [1.807, 2.05) is 4.90 Å². The number of carbonyl (C=O) groups excluding carboxylic acids is 1. The van der Waals surface area contributed by atoms with Gasteiger partial charge in [0.1, 0.15) is 6.17 Å². The summed E-state index contributed by atoms with van der Waals surface area (Å²) in [4.78, 5) is 14.2. The summed E-state index contributed by atoms with van der Waals surface area (Å²) in [7, 11) is 0. The lowest BCUT2D eigenvalue weighted by Crippen LogP contribution is -2.37. The van der Waals surface area contributed by atoms with Crippen LogP contribution < -0.4 is 5.32 Å². The number of rotatable bonds is 3. The highest BCUT2D eigenvalue weighted by molar-refractivity contribution is 5.81. The monoisotopic (exact) mass is 274 g/mol. The van der Waals surface area contributed by atoms with E-state index in [9.17, 15) is 4.79 Å². The van der Waals surface area contributed by atoms with Gasteiger partial charge in [0.2, 0.25) is 5.91 Å². The fourth-order valence-electron chi connectivity index (χ4n) is 2.45. The second kappa shape index (κ2) is 5.57. The standard InChI is InChI=1S/C17H26N2O/c1-12-7-6-8-14(9-12)16-18-10-15(20)19(16)11-13(2)17(3,4)5/h6-9,13,16,18H,10-11H2,1-5H3. The molecule has 1 amide bonds. The fraction of sp³-hybridized carbons (Fsp3) is 0.588. The maximum Gasteiger partial charge on any atom is 0.238 e. The molecule has 1 N–H and O–H groups in total. The van der Waals surface area contributed by atoms with Gasteiger partial charge >= 0.3 is 0 Å². The number of benzene rings is 1. The molecule has 2 unspecified atom stereocenters. The van der Waals surface area contributed by atoms with E-state index >= 15 is 0 Å². The molecule has 20 heavy (non-hydrogen) atoms. The van der Waals surface area contributed by atoms with Crippen LogP contribution in [0.15, 0.2) is 24.3 Å². The second-order valence-corrected chi connectivity index (χ2v) is 7.01. The number of hydrogen-bond acceptors (Lipinski definition) is 2. The number of aryl methyl sites for hydroxylation is 1. The molecule has 0 bridgehead atoms. The van der Waals surface area contributed by atoms with Crippen molar-refractivity contribution in [3.63, 3.8) is 0 Å². The van der Waals surface area contributed by atoms with Gasteiger partial charge in [-0.25, -0.2) is 0 Å². The van der Waals surface area contributed by atoms with Crippen LogP contribution in [0.4, 0.5) is 0 Å². The van der Waals surface area contributed by atoms with E-state index in [4.69, 9.17) is 0 Å². The van der Waals surface area contributed by atoms with Crippen LogP contribution in [0.3, 0.4) is 0 Å². The number of carbonyl (C=O) groups is 1. The average Bonchev–Trinajstić information content (AvgIpc) is 2.70. The molecule has 3 heteroatoms. The third-order valence-corrected chi connectivity index (χ3v) is 4.39. The summed E-state index contributed by atoms with van der Waals surface area (Å²) < 4.78 is 0. The summed E-state index contributed by atoms with van der Waals surface area (Å²) in [5.41, 5.74) is 2.62. The summed E-state index contributed by atoms with van der Waals surface area (Å²) >= 11 is 0. The van der Waals surface area contributed by atoms with Crippen molar-refractivity contribution in [3.05, 3.63) is 35.4 Å². The van der Waals surface area contributed by atoms with Gasteiger partial charge in [-0.2, -0.15) is 0 Å². The number of hydrogen-bond donors (Lipinski definition) is 1. The van der Waals surface area contributed by atoms with Gasteiger partial charge < -0.3 is 4.90 Å². The molecule has 0 radical (unpaired) electrons. The van der Waals surface area contributed by atoms with Crippen molar-refractivity contribution in [2.75, 3.05) is 13.1 Å². The van der Waals surface area contributed by atoms with Crippen molar-refractivity contribution in [2.24, 2.45) is 11.3 Å². The zero-order valence-corrected chi connectivity index (χ0v) is 13.2. The molecule has 0 spiro atoms. The molecular weight excluding hydrogens is 248 g/mol. The van der Waals surface area contributed by atoms with E-state index in [-0.39, 0.29) is 17.5 Å². The van der Waals surface area contributed by atoms with Crippen LogP contribution in [0.25, 0.3) is 0 Å². The molecule has 1 aromatic rings. The molecule has 1 saturated heterocycles. The van der Waals surface area contributed by atoms with E-state index in [0.717, 1.165) is 6.54 Å². The molecule has 1 aliphatic rings. The van der Waals surface area contributed by atoms with Gasteiger partial charge in [0.05, 0.1) is 6.54 Å². The van der Waals surface area contributed by atoms with Crippen molar-refractivity contribution < 1.29 is 4.79 Å². The van der Waals surface area contributed by atoms with Crippen LogP contribution in [0, 0.1) is 18.3 Å². The minimum Gasteiger partial charge on any atom is -0.322 e. The average molecular weight is 274 g/mol. The summed E-state index contributed by atoms with van der Waals surface area (Å²) in [6.07, 6.45) is 0.0206. The van der Waals surface area contributed by atoms with Crippen molar-refractivity contribution in [2.45, 2.75) is 40.8 Å². The molecule has 1 aromatic carbocycles. The molecule has 2 atom stereocenters. The largest absolute Gasteiger partial charge is 0.322 e. The minimum atomic E-state index is 0.0206. The predicted molar refractivity (Wildman–Crippen MR) is 82.3 cm³/mol. The molecule has 0 saturated carbocycles. The molecule has 1 heterocycles. The number of amides is 1. The zero-order chi connectivity index (χ0) is 14.9. The molecule has 2 rings (SSSR count). The van der Waals surface area contributed by atoms with Gasteiger partial charge in [-0.15, -0.1) is 0 Å². The SMILES string of the molecule is Cc1cccc(C2NCC(=O)N2CC(C)C(C)(C)C)c1. The van der Waals surface area contributed by atoms with Crippen LogP contribution >= 0.6 is 0 Å². The lowest BCUT2D eigenvalue weighted by molar-refractivity contribution is -0.129. The Morgan fingerprint density at radius 1 is 1.40 bits per heavy atom. The molecule has 1 fully saturated rings. The van der Waals surface area contributed by atoms with Crippen molar-refractivity contribution >= 4 is 5.91 Å². The highest BCUT2D eigenvalue weighted by Gasteiger charge is 2.34. The highest BCUT2D eigenvalue weighted by atomic mass is 16.2. The van der Waals surface area contributed by atoms with Crippen molar-refractivity contribution in [1.29, 1.82) is 0 Å². The van der Waals surface area contributed by atoms with Crippen molar-refractivity contribution in [1.82, 2.24) is 10.2 Å². The Morgan fingerprint density at radius 3 is 2.70 bits per heavy atom. The summed E-state index contributed by atoms with van der Waals surface area (Å²) in [6.45, 7) is 12.2. The van der Waals surface area contributed by atoms with Gasteiger partial charge in [0.15, 0.2) is 0 Å². The van der Waals surface area contributed by atoms with Crippen molar-refractivity contribution in [3.8, 4) is 0 Å². The van der Waals surface area contributed by atoms with E-state index in [1.54, 1.807) is 0 Å². The predicted octanol–water partition coefficient (Wildman–Crippen LogP) is 3.11. The Morgan fingerprint density at radius 2 is 2.10 bits per heavy atom. The molecule has 1 aliphatic heterocycles. The third kappa shape index (κ3) is 3.21. The molecule has 0 aliphatic carbocycles. The molecule has 0 aromatic heterocycles. The number of nitrogens with zero attached hydrogens (tertiary/aromatic N) is 1. The first kappa shape index (κ1) is 15.0. The fourth-order valence-corrected chi connectivity index (χ4v) is 2.45. The summed E-state index contributed by atoms with van der Waals surface area (Å²) in [5, 5.41) is 3.33. The van der Waals surface area contributed by atoms with Crippen LogP contribution in [0.2, 0.25) is 0 Å². The Kier molecular flexibility index (Phi) is 4.19. The van der Waals surface area contributed by atoms with E-state index in [0.29, 0.717) is 12.5 Å². The van der Waals surface area contributed by atoms with Crippen LogP contribution in [-0.2, 0) is 4.79 Å². The Labute approximate surface area is 122 Å². The molecule has 3 nitrogen and oxygen atoms in total. The Balaban J connectivity index is 2.19. The Bertz CT molecular complexity index is 490. The quantitative estimate of drug-likeness (QED) is 0.918. The van der Waals surface area contributed by atoms with E-state index in [1.165, 1.54) is 11.1 Å². The lowest BCUT2D eigenvalue weighted by Gasteiger charge is -2.34. The topological polar surface area (TPSA) is 32.3 Å². The van der Waals surface area contributed by atoms with Crippen LogP contribution in [0.5, 0.6) is 0 Å². The lowest BCUT2D eigenvalue weighted by atomic mass is 9.81. The molecular formula is C17H26N2O. The normalized spacial score (nSPS) is 21.4. The molecule has 110 valence electrons. The van der Waals surface area contributed by atoms with Gasteiger partial charge in [-0.05, 0) is 23.8 Å². The van der Waals surface area contributed by atoms with Gasteiger partial charge in [-0.3, -0.25) is 10.1 Å². The third-order valence-electron chi connectivity index (χ3n) is 4.39. The maximum absolute atomic E-state index is 12.2. The van der Waals surface area contributed by atoms with Gasteiger partial charge in [-0.1, -0.05) is 57.5 Å². The van der Waals surface area contributed by atoms with E-state index in [2.05, 4.69) is 64.2 Å². The van der Waals surface area contributed by atoms with Gasteiger partial charge in [0.25, 0.3) is 0 Å². The maximum atomic E-state index is 12.2. The summed E-state index contributed by atoms with van der Waals surface area (Å²) in [6, 6.07) is 8.39. The Hall–Kier alpha value is -1.35. The zero-order valence-electron chi connectivity index (χ0n) is 13.2. The van der Waals surface area contributed by atoms with Gasteiger partial charge in [0, 0.05) is 6.54 Å². The minimum absolute atomic E-state index is 0.0206. The highest BCUT2D eigenvalue weighted by Crippen LogP contribution is 2.30. The van der Waals surface area contributed by atoms with Crippen LogP contribution in [-0.4, -0.2) is 23.9 Å². The first-order chi connectivity index (χ1) is 9.29. The smallest absolute Gasteiger partial charge is 0.238 e. The van der Waals surface area contributed by atoms with E-state index < -0.39 is 0 Å². The summed E-state index contributed by atoms with van der Waals surface area (Å²) in [5.74, 6) is 0.659. The second-order valence-electron chi connectivity index (χ2n) is 7.01. The first-order valence-corrected chi connectivity index (χ1v) is 7.38. The first-order valence-electron chi connectivity index (χ1n) is 7.38. The van der Waals surface area contributed by atoms with Crippen LogP contribution in [0.1, 0.15) is 45.0 Å².